The Morgan fingerprint density at radius 1 is 1.30 bits per heavy atom. The predicted octanol–water partition coefficient (Wildman–Crippen LogP) is 2.48. The number of thioether (sulfide) groups is 1. The molecule has 0 radical (unpaired) electrons. The van der Waals surface area contributed by atoms with E-state index in [4.69, 9.17) is 0 Å². The van der Waals surface area contributed by atoms with Crippen LogP contribution in [0.2, 0.25) is 0 Å². The lowest BCUT2D eigenvalue weighted by molar-refractivity contribution is -0.145. The summed E-state index contributed by atoms with van der Waals surface area (Å²) in [5, 5.41) is 10.6. The fraction of sp³-hybridized carbons (Fsp3) is 0.600. The van der Waals surface area contributed by atoms with Crippen LogP contribution in [-0.4, -0.2) is 57.7 Å². The van der Waals surface area contributed by atoms with Crippen molar-refractivity contribution in [3.63, 3.8) is 0 Å². The minimum Gasteiger partial charge on any atom is -0.388 e. The van der Waals surface area contributed by atoms with Crippen LogP contribution in [0.25, 0.3) is 0 Å². The molecule has 1 N–H and O–H groups in total. The van der Waals surface area contributed by atoms with Gasteiger partial charge in [0.25, 0.3) is 0 Å². The fourth-order valence-corrected chi connectivity index (χ4v) is 6.44. The van der Waals surface area contributed by atoms with Gasteiger partial charge in [-0.25, -0.2) is 4.39 Å². The lowest BCUT2D eigenvalue weighted by Crippen LogP contribution is -2.53. The van der Waals surface area contributed by atoms with Gasteiger partial charge in [0.2, 0.25) is 11.8 Å². The molecule has 0 aromatic heterocycles. The molecular weight excluding hydrogens is 367 g/mol. The van der Waals surface area contributed by atoms with Gasteiger partial charge in [-0.15, -0.1) is 11.8 Å². The molecule has 0 spiro atoms. The lowest BCUT2D eigenvalue weighted by atomic mass is 10.0. The molecule has 3 fully saturated rings. The number of carbonyl (C=O) groups excluding carboxylic acids is 2. The fourth-order valence-electron chi connectivity index (χ4n) is 4.80. The average Bonchev–Trinajstić information content (AvgIpc) is 3.32. The number of rotatable bonds is 4. The van der Waals surface area contributed by atoms with Gasteiger partial charge in [-0.1, -0.05) is 25.0 Å². The second-order valence-corrected chi connectivity index (χ2v) is 9.30. The van der Waals surface area contributed by atoms with E-state index in [1.807, 2.05) is 0 Å². The summed E-state index contributed by atoms with van der Waals surface area (Å²) in [4.78, 5) is 28.5. The molecule has 27 heavy (non-hydrogen) atoms. The predicted molar refractivity (Wildman–Crippen MR) is 101 cm³/mol. The maximum absolute atomic E-state index is 13.4. The third kappa shape index (κ3) is 3.14. The minimum absolute atomic E-state index is 0.0318. The van der Waals surface area contributed by atoms with E-state index in [1.54, 1.807) is 40.7 Å². The number of benzene rings is 1. The number of hydrogen-bond acceptors (Lipinski definition) is 4. The van der Waals surface area contributed by atoms with Gasteiger partial charge in [-0.2, -0.15) is 0 Å². The Kier molecular flexibility index (Phi) is 4.71. The van der Waals surface area contributed by atoms with Gasteiger partial charge in [-0.05, 0) is 37.0 Å². The number of nitrogens with zero attached hydrogens (tertiary/aromatic N) is 2. The molecule has 2 atom stereocenters. The highest BCUT2D eigenvalue weighted by Gasteiger charge is 2.57. The van der Waals surface area contributed by atoms with Crippen molar-refractivity contribution in [1.29, 1.82) is 0 Å². The number of likely N-dealkylation sites (N-methyl/N-ethyl adjacent to an activating group) is 1. The molecule has 3 aliphatic rings. The molecule has 4 rings (SSSR count). The average molecular weight is 392 g/mol. The van der Waals surface area contributed by atoms with Crippen molar-refractivity contribution in [2.75, 3.05) is 19.3 Å². The molecule has 146 valence electrons. The Morgan fingerprint density at radius 2 is 1.96 bits per heavy atom. The zero-order chi connectivity index (χ0) is 19.2. The Hall–Kier alpha value is -1.60. The molecule has 2 heterocycles. The first kappa shape index (κ1) is 18.7. The van der Waals surface area contributed by atoms with E-state index in [0.717, 1.165) is 18.4 Å². The quantitative estimate of drug-likeness (QED) is 0.855. The van der Waals surface area contributed by atoms with Gasteiger partial charge in [0, 0.05) is 25.8 Å². The SMILES string of the molecule is CN(CC1(O)CCCC1)C(=O)[C@@H]1CS[C@]2(c3ccc(F)cc3)CCC(=O)N12. The van der Waals surface area contributed by atoms with Gasteiger partial charge >= 0.3 is 0 Å². The van der Waals surface area contributed by atoms with Crippen LogP contribution in [0.15, 0.2) is 24.3 Å². The topological polar surface area (TPSA) is 60.9 Å². The molecule has 0 unspecified atom stereocenters. The number of amides is 2. The Labute approximate surface area is 162 Å². The minimum atomic E-state index is -0.806. The van der Waals surface area contributed by atoms with E-state index in [1.165, 1.54) is 12.1 Å². The Morgan fingerprint density at radius 3 is 2.63 bits per heavy atom. The first-order valence-corrected chi connectivity index (χ1v) is 10.5. The van der Waals surface area contributed by atoms with E-state index in [0.29, 0.717) is 38.0 Å². The first-order valence-electron chi connectivity index (χ1n) is 9.54. The van der Waals surface area contributed by atoms with Crippen LogP contribution in [0, 0.1) is 5.82 Å². The first-order chi connectivity index (χ1) is 12.8. The summed E-state index contributed by atoms with van der Waals surface area (Å²) < 4.78 is 13.4. The van der Waals surface area contributed by atoms with E-state index < -0.39 is 16.5 Å². The smallest absolute Gasteiger partial charge is 0.246 e. The van der Waals surface area contributed by atoms with Crippen LogP contribution in [0.4, 0.5) is 4.39 Å². The molecule has 2 saturated heterocycles. The molecule has 1 aromatic rings. The van der Waals surface area contributed by atoms with Gasteiger partial charge in [0.1, 0.15) is 16.7 Å². The molecule has 2 aliphatic heterocycles. The third-order valence-electron chi connectivity index (χ3n) is 6.15. The zero-order valence-corrected chi connectivity index (χ0v) is 16.3. The molecule has 0 bridgehead atoms. The van der Waals surface area contributed by atoms with E-state index >= 15 is 0 Å². The zero-order valence-electron chi connectivity index (χ0n) is 15.5. The Balaban J connectivity index is 1.56. The van der Waals surface area contributed by atoms with Crippen molar-refractivity contribution in [2.45, 2.75) is 55.0 Å². The number of carbonyl (C=O) groups is 2. The van der Waals surface area contributed by atoms with E-state index in [-0.39, 0.29) is 17.6 Å². The highest BCUT2D eigenvalue weighted by Crippen LogP contribution is 2.54. The highest BCUT2D eigenvalue weighted by molar-refractivity contribution is 8.00. The number of hydrogen-bond donors (Lipinski definition) is 1. The molecule has 2 amide bonds. The van der Waals surface area contributed by atoms with Crippen LogP contribution < -0.4 is 0 Å². The second kappa shape index (κ2) is 6.78. The van der Waals surface area contributed by atoms with Gasteiger partial charge in [0.05, 0.1) is 5.60 Å². The van der Waals surface area contributed by atoms with Gasteiger partial charge < -0.3 is 14.9 Å². The summed E-state index contributed by atoms with van der Waals surface area (Å²) in [5.41, 5.74) is 0.0614. The summed E-state index contributed by atoms with van der Waals surface area (Å²) in [7, 11) is 1.71. The van der Waals surface area contributed by atoms with Crippen LogP contribution in [0.3, 0.4) is 0 Å². The summed E-state index contributed by atoms with van der Waals surface area (Å²) in [6.45, 7) is 0.304. The molecule has 1 saturated carbocycles. The molecule has 1 aliphatic carbocycles. The van der Waals surface area contributed by atoms with Crippen molar-refractivity contribution in [1.82, 2.24) is 9.80 Å². The number of fused-ring (bicyclic) bond motifs is 1. The van der Waals surface area contributed by atoms with Crippen molar-refractivity contribution in [3.05, 3.63) is 35.6 Å². The monoisotopic (exact) mass is 392 g/mol. The summed E-state index contributed by atoms with van der Waals surface area (Å²) in [6, 6.07) is 5.70. The largest absolute Gasteiger partial charge is 0.388 e. The van der Waals surface area contributed by atoms with Crippen LogP contribution in [0.5, 0.6) is 0 Å². The normalized spacial score (nSPS) is 29.2. The van der Waals surface area contributed by atoms with Crippen molar-refractivity contribution in [3.8, 4) is 0 Å². The highest BCUT2D eigenvalue weighted by atomic mass is 32.2. The third-order valence-corrected chi connectivity index (χ3v) is 7.75. The summed E-state index contributed by atoms with van der Waals surface area (Å²) in [5.74, 6) is 0.0500. The van der Waals surface area contributed by atoms with Crippen LogP contribution in [-0.2, 0) is 14.5 Å². The number of halogens is 1. The standard InChI is InChI=1S/C20H25FN2O3S/c1-22(13-19(26)9-2-3-10-19)18(25)16-12-27-20(11-8-17(24)23(16)20)14-4-6-15(21)7-5-14/h4-7,16,26H,2-3,8-13H2,1H3/t16-,20-/m0/s1. The molecule has 5 nitrogen and oxygen atoms in total. The summed E-state index contributed by atoms with van der Waals surface area (Å²) in [6.07, 6.45) is 4.41. The van der Waals surface area contributed by atoms with Crippen molar-refractivity contribution in [2.24, 2.45) is 0 Å². The summed E-state index contributed by atoms with van der Waals surface area (Å²) >= 11 is 1.59. The maximum atomic E-state index is 13.4. The van der Waals surface area contributed by atoms with Crippen LogP contribution in [0.1, 0.15) is 44.1 Å². The van der Waals surface area contributed by atoms with Crippen molar-refractivity contribution >= 4 is 23.6 Å². The second-order valence-electron chi connectivity index (χ2n) is 8.01. The van der Waals surface area contributed by atoms with Gasteiger partial charge in [-0.3, -0.25) is 9.59 Å². The molecule has 1 aromatic carbocycles. The maximum Gasteiger partial charge on any atom is 0.246 e. The van der Waals surface area contributed by atoms with Crippen LogP contribution >= 0.6 is 11.8 Å². The van der Waals surface area contributed by atoms with E-state index in [2.05, 4.69) is 0 Å². The van der Waals surface area contributed by atoms with E-state index in [9.17, 15) is 19.1 Å². The molecule has 7 heteroatoms. The van der Waals surface area contributed by atoms with Crippen molar-refractivity contribution < 1.29 is 19.1 Å². The molecular formula is C20H25FN2O3S. The number of aliphatic hydroxyl groups is 1. The Bertz CT molecular complexity index is 750. The van der Waals surface area contributed by atoms with Gasteiger partial charge in [0.15, 0.2) is 0 Å². The lowest BCUT2D eigenvalue weighted by Gasteiger charge is -2.36.